The number of esters is 2. The molecule has 0 spiro atoms. The molecule has 0 amide bonds. The summed E-state index contributed by atoms with van der Waals surface area (Å²) in [6, 6.07) is 9.55. The van der Waals surface area contributed by atoms with E-state index in [4.69, 9.17) is 18.6 Å². The van der Waals surface area contributed by atoms with Gasteiger partial charge in [-0.2, -0.15) is 5.10 Å². The van der Waals surface area contributed by atoms with Gasteiger partial charge in [0.05, 0.1) is 43.2 Å². The number of furan rings is 1. The van der Waals surface area contributed by atoms with Crippen molar-refractivity contribution in [2.75, 3.05) is 14.2 Å². The van der Waals surface area contributed by atoms with E-state index >= 15 is 0 Å². The number of hydrogen-bond donors (Lipinski definition) is 0. The quantitative estimate of drug-likeness (QED) is 0.326. The molecular formula is C23H21N3O6. The number of ether oxygens (including phenoxy) is 3. The summed E-state index contributed by atoms with van der Waals surface area (Å²) in [4.78, 5) is 29.6. The second kappa shape index (κ2) is 8.54. The standard InChI is InChI=1S/C23H21N3O6/c1-13(2)26-21-16(12-24-26)15(11-17(25-21)18-6-5-9-31-18)23(28)32-19-8-7-14(22(27)30-4)10-20(19)29-3/h5-13H,1-4H3. The first-order valence-electron chi connectivity index (χ1n) is 9.83. The van der Waals surface area contributed by atoms with E-state index in [9.17, 15) is 9.59 Å². The summed E-state index contributed by atoms with van der Waals surface area (Å²) in [5, 5.41) is 4.93. The summed E-state index contributed by atoms with van der Waals surface area (Å²) in [5.74, 6) is -0.266. The Kier molecular flexibility index (Phi) is 5.63. The van der Waals surface area contributed by atoms with E-state index in [1.165, 1.54) is 38.7 Å². The van der Waals surface area contributed by atoms with Gasteiger partial charge in [-0.15, -0.1) is 0 Å². The molecule has 0 atom stereocenters. The van der Waals surface area contributed by atoms with Crippen LogP contribution in [-0.2, 0) is 4.74 Å². The molecule has 0 radical (unpaired) electrons. The fourth-order valence-electron chi connectivity index (χ4n) is 3.27. The minimum Gasteiger partial charge on any atom is -0.493 e. The average Bonchev–Trinajstić information content (AvgIpc) is 3.48. The molecule has 0 saturated heterocycles. The van der Waals surface area contributed by atoms with Crippen molar-refractivity contribution in [3.05, 3.63) is 60.0 Å². The molecule has 3 aromatic heterocycles. The van der Waals surface area contributed by atoms with Crippen molar-refractivity contribution >= 4 is 23.0 Å². The van der Waals surface area contributed by atoms with Crippen molar-refractivity contribution in [2.24, 2.45) is 0 Å². The molecule has 4 rings (SSSR count). The van der Waals surface area contributed by atoms with Gasteiger partial charge >= 0.3 is 11.9 Å². The van der Waals surface area contributed by atoms with Crippen LogP contribution < -0.4 is 9.47 Å². The monoisotopic (exact) mass is 435 g/mol. The van der Waals surface area contributed by atoms with Crippen LogP contribution in [0.25, 0.3) is 22.5 Å². The topological polar surface area (TPSA) is 106 Å². The van der Waals surface area contributed by atoms with Gasteiger partial charge in [0, 0.05) is 6.04 Å². The number of carbonyl (C=O) groups is 2. The molecule has 0 aliphatic rings. The lowest BCUT2D eigenvalue weighted by molar-refractivity contribution is 0.0600. The van der Waals surface area contributed by atoms with Crippen molar-refractivity contribution in [1.82, 2.24) is 14.8 Å². The lowest BCUT2D eigenvalue weighted by Gasteiger charge is -2.12. The van der Waals surface area contributed by atoms with Crippen molar-refractivity contribution in [3.63, 3.8) is 0 Å². The molecule has 4 aromatic rings. The smallest absolute Gasteiger partial charge is 0.344 e. The van der Waals surface area contributed by atoms with E-state index in [0.717, 1.165) is 0 Å². The molecule has 0 aliphatic carbocycles. The number of methoxy groups -OCH3 is 2. The summed E-state index contributed by atoms with van der Waals surface area (Å²) in [7, 11) is 2.70. The van der Waals surface area contributed by atoms with E-state index in [1.807, 2.05) is 13.8 Å². The molecule has 1 aromatic carbocycles. The van der Waals surface area contributed by atoms with Crippen LogP contribution in [-0.4, -0.2) is 40.9 Å². The average molecular weight is 435 g/mol. The highest BCUT2D eigenvalue weighted by Gasteiger charge is 2.22. The number of fused-ring (bicyclic) bond motifs is 1. The number of benzene rings is 1. The molecule has 164 valence electrons. The van der Waals surface area contributed by atoms with Gasteiger partial charge in [0.25, 0.3) is 0 Å². The van der Waals surface area contributed by atoms with E-state index in [-0.39, 0.29) is 28.7 Å². The number of hydrogen-bond acceptors (Lipinski definition) is 8. The van der Waals surface area contributed by atoms with E-state index < -0.39 is 11.9 Å². The third kappa shape index (κ3) is 3.80. The minimum absolute atomic E-state index is 0.0293. The van der Waals surface area contributed by atoms with Gasteiger partial charge in [-0.25, -0.2) is 19.3 Å². The summed E-state index contributed by atoms with van der Waals surface area (Å²) < 4.78 is 22.8. The van der Waals surface area contributed by atoms with Gasteiger partial charge < -0.3 is 18.6 Å². The molecule has 0 N–H and O–H groups in total. The molecule has 0 saturated carbocycles. The maximum Gasteiger partial charge on any atom is 0.344 e. The third-order valence-corrected chi connectivity index (χ3v) is 4.84. The molecule has 32 heavy (non-hydrogen) atoms. The fourth-order valence-corrected chi connectivity index (χ4v) is 3.27. The van der Waals surface area contributed by atoms with Crippen LogP contribution in [0, 0.1) is 0 Å². The number of aromatic nitrogens is 3. The molecule has 0 fully saturated rings. The lowest BCUT2D eigenvalue weighted by atomic mass is 10.1. The number of carbonyl (C=O) groups excluding carboxylic acids is 2. The molecule has 3 heterocycles. The van der Waals surface area contributed by atoms with Gasteiger partial charge in [0.2, 0.25) is 0 Å². The van der Waals surface area contributed by atoms with E-state index in [0.29, 0.717) is 22.5 Å². The number of pyridine rings is 1. The Bertz CT molecular complexity index is 1290. The van der Waals surface area contributed by atoms with Crippen LogP contribution in [0.1, 0.15) is 40.6 Å². The molecule has 9 heteroatoms. The normalized spacial score (nSPS) is 11.0. The van der Waals surface area contributed by atoms with Crippen LogP contribution in [0.5, 0.6) is 11.5 Å². The predicted octanol–water partition coefficient (Wildman–Crippen LogP) is 4.29. The first kappa shape index (κ1) is 21.1. The number of nitrogens with zero attached hydrogens (tertiary/aromatic N) is 3. The first-order chi connectivity index (χ1) is 15.4. The zero-order valence-electron chi connectivity index (χ0n) is 18.0. The summed E-state index contributed by atoms with van der Waals surface area (Å²) in [6.45, 7) is 3.94. The summed E-state index contributed by atoms with van der Waals surface area (Å²) in [6.07, 6.45) is 3.12. The van der Waals surface area contributed by atoms with Gasteiger partial charge in [-0.05, 0) is 50.2 Å². The summed E-state index contributed by atoms with van der Waals surface area (Å²) in [5.41, 5.74) is 1.56. The van der Waals surface area contributed by atoms with Crippen molar-refractivity contribution < 1.29 is 28.2 Å². The Morgan fingerprint density at radius 2 is 1.88 bits per heavy atom. The summed E-state index contributed by atoms with van der Waals surface area (Å²) >= 11 is 0. The molecule has 0 unspecified atom stereocenters. The minimum atomic E-state index is -0.627. The zero-order valence-corrected chi connectivity index (χ0v) is 18.0. The Labute approximate surface area is 183 Å². The second-order valence-corrected chi connectivity index (χ2v) is 7.20. The SMILES string of the molecule is COC(=O)c1ccc(OC(=O)c2cc(-c3ccco3)nc3c2cnn3C(C)C)c(OC)c1. The fraction of sp³-hybridized carbons (Fsp3) is 0.217. The van der Waals surface area contributed by atoms with E-state index in [2.05, 4.69) is 10.1 Å². The number of rotatable bonds is 6. The molecule has 9 nitrogen and oxygen atoms in total. The Morgan fingerprint density at radius 3 is 2.53 bits per heavy atom. The Morgan fingerprint density at radius 1 is 1.06 bits per heavy atom. The largest absolute Gasteiger partial charge is 0.493 e. The second-order valence-electron chi connectivity index (χ2n) is 7.20. The maximum absolute atomic E-state index is 13.2. The highest BCUT2D eigenvalue weighted by atomic mass is 16.6. The first-order valence-corrected chi connectivity index (χ1v) is 9.83. The van der Waals surface area contributed by atoms with Gasteiger partial charge in [-0.1, -0.05) is 0 Å². The molecular weight excluding hydrogens is 414 g/mol. The van der Waals surface area contributed by atoms with Crippen molar-refractivity contribution in [2.45, 2.75) is 19.9 Å². The van der Waals surface area contributed by atoms with Gasteiger partial charge in [-0.3, -0.25) is 0 Å². The Hall–Kier alpha value is -4.14. The van der Waals surface area contributed by atoms with Crippen LogP contribution in [0.3, 0.4) is 0 Å². The predicted molar refractivity (Wildman–Crippen MR) is 115 cm³/mol. The van der Waals surface area contributed by atoms with Crippen LogP contribution in [0.15, 0.2) is 53.3 Å². The van der Waals surface area contributed by atoms with Crippen LogP contribution in [0.2, 0.25) is 0 Å². The third-order valence-electron chi connectivity index (χ3n) is 4.84. The Balaban J connectivity index is 1.78. The highest BCUT2D eigenvalue weighted by Crippen LogP contribution is 2.31. The van der Waals surface area contributed by atoms with Crippen LogP contribution in [0.4, 0.5) is 0 Å². The highest BCUT2D eigenvalue weighted by molar-refractivity contribution is 6.04. The van der Waals surface area contributed by atoms with Crippen molar-refractivity contribution in [1.29, 1.82) is 0 Å². The zero-order chi connectivity index (χ0) is 22.8. The van der Waals surface area contributed by atoms with Gasteiger partial charge in [0.1, 0.15) is 5.69 Å². The molecule has 0 aliphatic heterocycles. The lowest BCUT2D eigenvalue weighted by Crippen LogP contribution is -2.12. The van der Waals surface area contributed by atoms with E-state index in [1.54, 1.807) is 29.1 Å². The van der Waals surface area contributed by atoms with Crippen molar-refractivity contribution in [3.8, 4) is 23.0 Å². The maximum atomic E-state index is 13.2. The van der Waals surface area contributed by atoms with Crippen LogP contribution >= 0.6 is 0 Å². The van der Waals surface area contributed by atoms with Gasteiger partial charge in [0.15, 0.2) is 22.9 Å². The molecule has 0 bridgehead atoms.